The molecule has 0 bridgehead atoms. The molecule has 2 N–H and O–H groups in total. The van der Waals surface area contributed by atoms with Gasteiger partial charge in [0.05, 0.1) is 5.56 Å². The van der Waals surface area contributed by atoms with Crippen molar-refractivity contribution in [3.05, 3.63) is 59.8 Å². The van der Waals surface area contributed by atoms with Crippen LogP contribution in [0.1, 0.15) is 17.2 Å². The summed E-state index contributed by atoms with van der Waals surface area (Å²) in [6.45, 7) is 2.76. The summed E-state index contributed by atoms with van der Waals surface area (Å²) in [6, 6.07) is 14.9. The molecule has 1 aromatic carbocycles. The number of nitrogens with two attached hydrogens (primary N) is 1. The third-order valence-corrected chi connectivity index (χ3v) is 4.27. The van der Waals surface area contributed by atoms with Crippen molar-refractivity contribution in [2.45, 2.75) is 6.04 Å². The van der Waals surface area contributed by atoms with Gasteiger partial charge in [0.15, 0.2) is 0 Å². The molecule has 24 heavy (non-hydrogen) atoms. The highest BCUT2D eigenvalue weighted by atomic mass is 16.1. The Bertz CT molecular complexity index is 748. The lowest BCUT2D eigenvalue weighted by Gasteiger charge is -2.38. The highest BCUT2D eigenvalue weighted by Gasteiger charge is 2.29. The fraction of sp³-hybridized carbons (Fsp3) is 0.278. The van der Waals surface area contributed by atoms with E-state index in [2.05, 4.69) is 20.9 Å². The monoisotopic (exact) mass is 321 g/mol. The van der Waals surface area contributed by atoms with Gasteiger partial charge in [-0.05, 0) is 17.7 Å². The van der Waals surface area contributed by atoms with Gasteiger partial charge in [-0.1, -0.05) is 30.3 Å². The molecule has 1 atom stereocenters. The molecule has 2 aromatic rings. The van der Waals surface area contributed by atoms with Gasteiger partial charge in [0.2, 0.25) is 5.91 Å². The van der Waals surface area contributed by atoms with Crippen LogP contribution in [0.15, 0.2) is 48.7 Å². The molecular formula is C18H19N5O. The molecule has 1 amide bonds. The normalized spacial score (nSPS) is 16.4. The minimum absolute atomic E-state index is 0.342. The number of aromatic nitrogens is 1. The summed E-state index contributed by atoms with van der Waals surface area (Å²) in [5, 5.41) is 9.22. The first-order valence-corrected chi connectivity index (χ1v) is 7.89. The van der Waals surface area contributed by atoms with Gasteiger partial charge in [0, 0.05) is 32.4 Å². The molecule has 1 aliphatic rings. The van der Waals surface area contributed by atoms with E-state index in [4.69, 9.17) is 5.73 Å². The first-order chi connectivity index (χ1) is 11.7. The summed E-state index contributed by atoms with van der Waals surface area (Å²) in [6.07, 6.45) is 1.69. The summed E-state index contributed by atoms with van der Waals surface area (Å²) >= 11 is 0. The minimum Gasteiger partial charge on any atom is -0.368 e. The van der Waals surface area contributed by atoms with Gasteiger partial charge in [0.1, 0.15) is 17.9 Å². The molecule has 0 spiro atoms. The number of benzene rings is 1. The predicted octanol–water partition coefficient (Wildman–Crippen LogP) is 1.30. The van der Waals surface area contributed by atoms with Gasteiger partial charge in [-0.3, -0.25) is 9.69 Å². The maximum absolute atomic E-state index is 12.0. The summed E-state index contributed by atoms with van der Waals surface area (Å²) in [7, 11) is 0. The number of nitriles is 1. The number of piperazine rings is 1. The Morgan fingerprint density at radius 1 is 1.12 bits per heavy atom. The topological polar surface area (TPSA) is 86.2 Å². The molecule has 6 heteroatoms. The molecule has 6 nitrogen and oxygen atoms in total. The summed E-state index contributed by atoms with van der Waals surface area (Å²) in [5.41, 5.74) is 7.12. The Balaban J connectivity index is 1.74. The number of nitrogens with zero attached hydrogens (tertiary/aromatic N) is 4. The SMILES string of the molecule is N#Cc1cccnc1N1CCN([C@H](C(N)=O)c2ccccc2)CC1. The van der Waals surface area contributed by atoms with E-state index in [0.717, 1.165) is 5.56 Å². The molecule has 1 aromatic heterocycles. The van der Waals surface area contributed by atoms with Crippen molar-refractivity contribution < 1.29 is 4.79 Å². The van der Waals surface area contributed by atoms with E-state index in [-0.39, 0.29) is 5.91 Å². The van der Waals surface area contributed by atoms with Crippen molar-refractivity contribution in [1.29, 1.82) is 5.26 Å². The average molecular weight is 321 g/mol. The van der Waals surface area contributed by atoms with E-state index >= 15 is 0 Å². The zero-order chi connectivity index (χ0) is 16.9. The van der Waals surface area contributed by atoms with Gasteiger partial charge in [-0.25, -0.2) is 4.98 Å². The molecule has 1 aliphatic heterocycles. The smallest absolute Gasteiger partial charge is 0.239 e. The van der Waals surface area contributed by atoms with E-state index in [1.54, 1.807) is 18.3 Å². The van der Waals surface area contributed by atoms with Crippen LogP contribution in [0.2, 0.25) is 0 Å². The number of carbonyl (C=O) groups is 1. The fourth-order valence-corrected chi connectivity index (χ4v) is 3.12. The molecular weight excluding hydrogens is 302 g/mol. The van der Waals surface area contributed by atoms with E-state index in [0.29, 0.717) is 37.6 Å². The maximum atomic E-state index is 12.0. The first-order valence-electron chi connectivity index (χ1n) is 7.89. The van der Waals surface area contributed by atoms with Crippen LogP contribution in [-0.2, 0) is 4.79 Å². The van der Waals surface area contributed by atoms with Crippen molar-refractivity contribution in [3.63, 3.8) is 0 Å². The molecule has 3 rings (SSSR count). The highest BCUT2D eigenvalue weighted by molar-refractivity contribution is 5.81. The third-order valence-electron chi connectivity index (χ3n) is 4.27. The zero-order valence-corrected chi connectivity index (χ0v) is 13.3. The fourth-order valence-electron chi connectivity index (χ4n) is 3.12. The van der Waals surface area contributed by atoms with E-state index in [1.165, 1.54) is 0 Å². The van der Waals surface area contributed by atoms with Crippen molar-refractivity contribution in [2.75, 3.05) is 31.1 Å². The number of carbonyl (C=O) groups excluding carboxylic acids is 1. The molecule has 0 aliphatic carbocycles. The van der Waals surface area contributed by atoms with Gasteiger partial charge < -0.3 is 10.6 Å². The van der Waals surface area contributed by atoms with Crippen LogP contribution in [0.25, 0.3) is 0 Å². The largest absolute Gasteiger partial charge is 0.368 e. The van der Waals surface area contributed by atoms with Crippen LogP contribution in [-0.4, -0.2) is 42.0 Å². The zero-order valence-electron chi connectivity index (χ0n) is 13.3. The van der Waals surface area contributed by atoms with Gasteiger partial charge in [0.25, 0.3) is 0 Å². The lowest BCUT2D eigenvalue weighted by molar-refractivity contribution is -0.123. The summed E-state index contributed by atoms with van der Waals surface area (Å²) < 4.78 is 0. The Kier molecular flexibility index (Phi) is 4.73. The lowest BCUT2D eigenvalue weighted by atomic mass is 10.0. The van der Waals surface area contributed by atoms with E-state index in [1.807, 2.05) is 30.3 Å². The van der Waals surface area contributed by atoms with Crippen LogP contribution in [0.5, 0.6) is 0 Å². The minimum atomic E-state index is -0.424. The second kappa shape index (κ2) is 7.11. The van der Waals surface area contributed by atoms with Crippen molar-refractivity contribution in [3.8, 4) is 6.07 Å². The molecule has 0 radical (unpaired) electrons. The molecule has 1 saturated heterocycles. The number of anilines is 1. The van der Waals surface area contributed by atoms with Crippen LogP contribution in [0, 0.1) is 11.3 Å². The Hall–Kier alpha value is -2.91. The second-order valence-electron chi connectivity index (χ2n) is 5.72. The summed E-state index contributed by atoms with van der Waals surface area (Å²) in [5.74, 6) is 0.361. The van der Waals surface area contributed by atoms with Crippen LogP contribution >= 0.6 is 0 Å². The van der Waals surface area contributed by atoms with Crippen molar-refractivity contribution in [2.24, 2.45) is 5.73 Å². The van der Waals surface area contributed by atoms with E-state index < -0.39 is 6.04 Å². The molecule has 0 unspecified atom stereocenters. The number of hydrogen-bond donors (Lipinski definition) is 1. The molecule has 2 heterocycles. The number of primary amides is 1. The Morgan fingerprint density at radius 2 is 1.83 bits per heavy atom. The van der Waals surface area contributed by atoms with E-state index in [9.17, 15) is 10.1 Å². The molecule has 1 fully saturated rings. The maximum Gasteiger partial charge on any atom is 0.239 e. The van der Waals surface area contributed by atoms with Crippen LogP contribution < -0.4 is 10.6 Å². The van der Waals surface area contributed by atoms with Crippen molar-refractivity contribution >= 4 is 11.7 Å². The van der Waals surface area contributed by atoms with Crippen LogP contribution in [0.4, 0.5) is 5.82 Å². The summed E-state index contributed by atoms with van der Waals surface area (Å²) in [4.78, 5) is 20.5. The second-order valence-corrected chi connectivity index (χ2v) is 5.72. The van der Waals surface area contributed by atoms with Gasteiger partial charge >= 0.3 is 0 Å². The Labute approximate surface area is 141 Å². The lowest BCUT2D eigenvalue weighted by Crippen LogP contribution is -2.50. The van der Waals surface area contributed by atoms with Gasteiger partial charge in [-0.15, -0.1) is 0 Å². The highest BCUT2D eigenvalue weighted by Crippen LogP contribution is 2.24. The number of amides is 1. The molecule has 0 saturated carbocycles. The average Bonchev–Trinajstić information content (AvgIpc) is 2.63. The first kappa shape index (κ1) is 16.0. The molecule has 122 valence electrons. The standard InChI is InChI=1S/C18H19N5O/c19-13-15-7-4-8-21-18(15)23-11-9-22(10-12-23)16(17(20)24)14-5-2-1-3-6-14/h1-8,16H,9-12H2,(H2,20,24)/t16-/m0/s1. The predicted molar refractivity (Wildman–Crippen MR) is 91.1 cm³/mol. The van der Waals surface area contributed by atoms with Gasteiger partial charge in [-0.2, -0.15) is 5.26 Å². The Morgan fingerprint density at radius 3 is 2.46 bits per heavy atom. The van der Waals surface area contributed by atoms with Crippen molar-refractivity contribution in [1.82, 2.24) is 9.88 Å². The number of rotatable bonds is 4. The number of hydrogen-bond acceptors (Lipinski definition) is 5. The van der Waals surface area contributed by atoms with Crippen LogP contribution in [0.3, 0.4) is 0 Å². The third kappa shape index (κ3) is 3.21. The number of pyridine rings is 1. The quantitative estimate of drug-likeness (QED) is 0.917.